The normalized spacial score (nSPS) is 22.9. The van der Waals surface area contributed by atoms with E-state index in [2.05, 4.69) is 41.8 Å². The monoisotopic (exact) mass is 419 g/mol. The number of nitrogens with one attached hydrogen (secondary N) is 2. The minimum atomic E-state index is -0.00293. The quantitative estimate of drug-likeness (QED) is 0.398. The van der Waals surface area contributed by atoms with Crippen molar-refractivity contribution in [2.24, 2.45) is 10.4 Å². The van der Waals surface area contributed by atoms with Crippen molar-refractivity contribution in [2.75, 3.05) is 46.1 Å². The van der Waals surface area contributed by atoms with Gasteiger partial charge in [-0.25, -0.2) is 4.99 Å². The molecule has 0 aliphatic carbocycles. The molecule has 0 bridgehead atoms. The molecule has 7 nitrogen and oxygen atoms in total. The third-order valence-corrected chi connectivity index (χ3v) is 5.90. The van der Waals surface area contributed by atoms with Crippen LogP contribution in [-0.4, -0.2) is 63.3 Å². The van der Waals surface area contributed by atoms with Gasteiger partial charge in [0.05, 0.1) is 25.9 Å². The van der Waals surface area contributed by atoms with Crippen LogP contribution < -0.4 is 10.6 Å². The van der Waals surface area contributed by atoms with Gasteiger partial charge in [0, 0.05) is 44.9 Å². The molecule has 2 aliphatic rings. The number of hydrogen-bond acceptors (Lipinski definition) is 5. The molecule has 1 aromatic carbocycles. The predicted molar refractivity (Wildman–Crippen MR) is 117 cm³/mol. The van der Waals surface area contributed by atoms with E-state index in [1.807, 2.05) is 0 Å². The van der Waals surface area contributed by atoms with Crippen molar-refractivity contribution in [2.45, 2.75) is 51.9 Å². The van der Waals surface area contributed by atoms with E-state index < -0.39 is 0 Å². The van der Waals surface area contributed by atoms with Crippen molar-refractivity contribution < 1.29 is 19.3 Å². The van der Waals surface area contributed by atoms with Crippen molar-refractivity contribution in [3.8, 4) is 0 Å². The Morgan fingerprint density at radius 2 is 1.90 bits per heavy atom. The van der Waals surface area contributed by atoms with Gasteiger partial charge in [-0.3, -0.25) is 0 Å². The number of aliphatic hydroxyl groups excluding tert-OH is 1. The second-order valence-electron chi connectivity index (χ2n) is 8.26. The molecular formula is C23H37N3O4. The summed E-state index contributed by atoms with van der Waals surface area (Å²) in [6.07, 6.45) is 4.00. The van der Waals surface area contributed by atoms with Gasteiger partial charge in [-0.2, -0.15) is 0 Å². The van der Waals surface area contributed by atoms with Crippen LogP contribution >= 0.6 is 0 Å². The van der Waals surface area contributed by atoms with Crippen LogP contribution in [0, 0.1) is 5.41 Å². The molecule has 2 heterocycles. The molecule has 3 N–H and O–H groups in total. The molecule has 0 amide bonds. The van der Waals surface area contributed by atoms with Gasteiger partial charge >= 0.3 is 0 Å². The zero-order valence-corrected chi connectivity index (χ0v) is 18.2. The Morgan fingerprint density at radius 1 is 1.13 bits per heavy atom. The smallest absolute Gasteiger partial charge is 0.191 e. The molecule has 0 spiro atoms. The molecule has 30 heavy (non-hydrogen) atoms. The molecule has 0 saturated carbocycles. The van der Waals surface area contributed by atoms with Crippen LogP contribution in [0.25, 0.3) is 0 Å². The fourth-order valence-electron chi connectivity index (χ4n) is 3.89. The standard InChI is InChI=1S/C23H37N3O4/c1-2-24-22(26-17-23(9-11-27)10-14-29-18-23)25-15-19-3-5-20(6-4-19)16-30-21-7-12-28-13-8-21/h3-6,21,27H,2,7-18H2,1H3,(H2,24,25,26). The number of rotatable bonds is 10. The Labute approximate surface area is 180 Å². The van der Waals surface area contributed by atoms with Gasteiger partial charge in [0.1, 0.15) is 0 Å². The van der Waals surface area contributed by atoms with Gasteiger partial charge in [-0.15, -0.1) is 0 Å². The van der Waals surface area contributed by atoms with Crippen molar-refractivity contribution in [3.63, 3.8) is 0 Å². The Hall–Kier alpha value is -1.67. The number of benzene rings is 1. The highest BCUT2D eigenvalue weighted by atomic mass is 16.5. The zero-order chi connectivity index (χ0) is 21.1. The maximum absolute atomic E-state index is 9.40. The van der Waals surface area contributed by atoms with Crippen molar-refractivity contribution in [1.29, 1.82) is 0 Å². The number of hydrogen-bond donors (Lipinski definition) is 3. The molecular weight excluding hydrogens is 382 g/mol. The average molecular weight is 420 g/mol. The van der Waals surface area contributed by atoms with E-state index in [1.54, 1.807) is 0 Å². The van der Waals surface area contributed by atoms with Crippen LogP contribution in [0.5, 0.6) is 0 Å². The maximum Gasteiger partial charge on any atom is 0.191 e. The van der Waals surface area contributed by atoms with Crippen LogP contribution in [0.3, 0.4) is 0 Å². The number of ether oxygens (including phenoxy) is 3. The third-order valence-electron chi connectivity index (χ3n) is 5.90. The minimum Gasteiger partial charge on any atom is -0.396 e. The van der Waals surface area contributed by atoms with Crippen molar-refractivity contribution in [1.82, 2.24) is 10.6 Å². The van der Waals surface area contributed by atoms with E-state index in [1.165, 1.54) is 5.56 Å². The summed E-state index contributed by atoms with van der Waals surface area (Å²) in [6, 6.07) is 8.48. The second kappa shape index (κ2) is 12.2. The summed E-state index contributed by atoms with van der Waals surface area (Å²) < 4.78 is 16.9. The Kier molecular flexibility index (Phi) is 9.39. The SMILES string of the molecule is CCNC(=NCc1ccc(COC2CCOCC2)cc1)NCC1(CCO)CCOC1. The van der Waals surface area contributed by atoms with Crippen molar-refractivity contribution in [3.05, 3.63) is 35.4 Å². The minimum absolute atomic E-state index is 0.00293. The molecule has 2 aliphatic heterocycles. The first-order valence-corrected chi connectivity index (χ1v) is 11.2. The lowest BCUT2D eigenvalue weighted by Gasteiger charge is -2.27. The van der Waals surface area contributed by atoms with E-state index in [4.69, 9.17) is 19.2 Å². The number of guanidine groups is 1. The van der Waals surface area contributed by atoms with Gasteiger partial charge in [0.2, 0.25) is 0 Å². The summed E-state index contributed by atoms with van der Waals surface area (Å²) in [6.45, 7) is 8.12. The van der Waals surface area contributed by atoms with Crippen LogP contribution in [0.1, 0.15) is 43.7 Å². The van der Waals surface area contributed by atoms with E-state index in [0.717, 1.165) is 70.1 Å². The first kappa shape index (κ1) is 23.0. The molecule has 3 rings (SSSR count). The summed E-state index contributed by atoms with van der Waals surface area (Å²) in [7, 11) is 0. The van der Waals surface area contributed by atoms with Crippen LogP contribution in [0.15, 0.2) is 29.3 Å². The van der Waals surface area contributed by atoms with Gasteiger partial charge in [0.25, 0.3) is 0 Å². The van der Waals surface area contributed by atoms with E-state index >= 15 is 0 Å². The van der Waals surface area contributed by atoms with Crippen LogP contribution in [0.2, 0.25) is 0 Å². The Bertz CT molecular complexity index is 638. The first-order chi connectivity index (χ1) is 14.7. The predicted octanol–water partition coefficient (Wildman–Crippen LogP) is 2.23. The number of nitrogens with zero attached hydrogens (tertiary/aromatic N) is 1. The fourth-order valence-corrected chi connectivity index (χ4v) is 3.89. The second-order valence-corrected chi connectivity index (χ2v) is 8.26. The first-order valence-electron chi connectivity index (χ1n) is 11.2. The third kappa shape index (κ3) is 7.23. The summed E-state index contributed by atoms with van der Waals surface area (Å²) in [5.74, 6) is 0.800. The summed E-state index contributed by atoms with van der Waals surface area (Å²) in [5, 5.41) is 16.2. The van der Waals surface area contributed by atoms with Crippen LogP contribution in [-0.2, 0) is 27.4 Å². The van der Waals surface area contributed by atoms with Gasteiger partial charge in [0.15, 0.2) is 5.96 Å². The summed E-state index contributed by atoms with van der Waals surface area (Å²) in [4.78, 5) is 4.73. The molecule has 7 heteroatoms. The maximum atomic E-state index is 9.40. The lowest BCUT2D eigenvalue weighted by atomic mass is 9.84. The highest BCUT2D eigenvalue weighted by Crippen LogP contribution is 2.31. The number of aliphatic imine (C=N–C) groups is 1. The lowest BCUT2D eigenvalue weighted by molar-refractivity contribution is -0.0390. The highest BCUT2D eigenvalue weighted by molar-refractivity contribution is 5.79. The van der Waals surface area contributed by atoms with E-state index in [9.17, 15) is 5.11 Å². The summed E-state index contributed by atoms with van der Waals surface area (Å²) >= 11 is 0. The average Bonchev–Trinajstić information content (AvgIpc) is 3.25. The highest BCUT2D eigenvalue weighted by Gasteiger charge is 2.34. The molecule has 1 aromatic rings. The largest absolute Gasteiger partial charge is 0.396 e. The molecule has 0 aromatic heterocycles. The van der Waals surface area contributed by atoms with Gasteiger partial charge in [-0.1, -0.05) is 24.3 Å². The van der Waals surface area contributed by atoms with Gasteiger partial charge < -0.3 is 30.0 Å². The molecule has 168 valence electrons. The van der Waals surface area contributed by atoms with Crippen molar-refractivity contribution >= 4 is 5.96 Å². The molecule has 2 saturated heterocycles. The topological polar surface area (TPSA) is 84.3 Å². The Morgan fingerprint density at radius 3 is 2.57 bits per heavy atom. The molecule has 2 fully saturated rings. The lowest BCUT2D eigenvalue weighted by Crippen LogP contribution is -2.44. The molecule has 1 atom stereocenters. The summed E-state index contributed by atoms with van der Waals surface area (Å²) in [5.41, 5.74) is 2.35. The molecule has 0 radical (unpaired) electrons. The van der Waals surface area contributed by atoms with Gasteiger partial charge in [-0.05, 0) is 43.7 Å². The fraction of sp³-hybridized carbons (Fsp3) is 0.696. The van der Waals surface area contributed by atoms with Crippen LogP contribution in [0.4, 0.5) is 0 Å². The van der Waals surface area contributed by atoms with E-state index in [-0.39, 0.29) is 12.0 Å². The Balaban J connectivity index is 1.48. The number of aliphatic hydroxyl groups is 1. The molecule has 1 unspecified atom stereocenters. The van der Waals surface area contributed by atoms with E-state index in [0.29, 0.717) is 25.9 Å². The zero-order valence-electron chi connectivity index (χ0n) is 18.2.